The van der Waals surface area contributed by atoms with Gasteiger partial charge in [-0.15, -0.1) is 13.2 Å². The van der Waals surface area contributed by atoms with Gasteiger partial charge in [0.1, 0.15) is 46.4 Å². The lowest BCUT2D eigenvalue weighted by Gasteiger charge is -2.27. The van der Waals surface area contributed by atoms with E-state index in [-0.39, 0.29) is 17.1 Å². The predicted octanol–water partition coefficient (Wildman–Crippen LogP) is 9.56. The van der Waals surface area contributed by atoms with Crippen molar-refractivity contribution >= 4 is 5.78 Å². The molecule has 5 aromatic rings. The highest BCUT2D eigenvalue weighted by atomic mass is 19.4. The van der Waals surface area contributed by atoms with Crippen LogP contribution in [0, 0.1) is 11.8 Å². The molecule has 0 saturated heterocycles. The molecule has 15 heteroatoms. The van der Waals surface area contributed by atoms with Gasteiger partial charge < -0.3 is 19.3 Å². The summed E-state index contributed by atoms with van der Waals surface area (Å²) in [5.41, 5.74) is 0.296. The normalized spacial score (nSPS) is 15.3. The number of benzene rings is 2. The van der Waals surface area contributed by atoms with Gasteiger partial charge in [0.15, 0.2) is 5.78 Å². The lowest BCUT2D eigenvalue weighted by Crippen LogP contribution is -2.29. The van der Waals surface area contributed by atoms with E-state index in [0.717, 1.165) is 37.8 Å². The molecular formula is C39H34F6N4O5. The van der Waals surface area contributed by atoms with Gasteiger partial charge in [-0.25, -0.2) is 15.0 Å². The minimum absolute atomic E-state index is 0.0283. The molecule has 54 heavy (non-hydrogen) atoms. The zero-order chi connectivity index (χ0) is 38.3. The summed E-state index contributed by atoms with van der Waals surface area (Å²) < 4.78 is 88.6. The van der Waals surface area contributed by atoms with Crippen molar-refractivity contribution in [1.29, 1.82) is 0 Å². The standard InChI is InChI=1S/C21H18F3N3O3.C18H16F3NO2/c22-21(23,24)30-17-5-3-16(4-6-17)29-18-7-8-19(27-12-18)20(28,9-14-1-2-14)15-10-25-13-26-11-15;19-18(20,21)10-13-3-5-14(6-4-13)24-15-7-8-16(22-11-15)17(23)9-12-1-2-12/h3-8,10-14,28H,1-2,9H2;3-8,11-12H,1-2,9-10H2. The number of alkyl halides is 6. The molecular weight excluding hydrogens is 718 g/mol. The Morgan fingerprint density at radius 3 is 1.70 bits per heavy atom. The van der Waals surface area contributed by atoms with Crippen molar-refractivity contribution in [2.45, 2.75) is 63.1 Å². The molecule has 2 saturated carbocycles. The van der Waals surface area contributed by atoms with E-state index in [1.54, 1.807) is 36.7 Å². The van der Waals surface area contributed by atoms with Crippen LogP contribution in [-0.4, -0.2) is 43.4 Å². The molecule has 7 rings (SSSR count). The van der Waals surface area contributed by atoms with Crippen molar-refractivity contribution in [2.24, 2.45) is 11.8 Å². The topological polar surface area (TPSA) is 117 Å². The maximum absolute atomic E-state index is 12.3. The molecule has 3 aromatic heterocycles. The molecule has 2 aliphatic rings. The van der Waals surface area contributed by atoms with Crippen LogP contribution >= 0.6 is 0 Å². The molecule has 0 amide bonds. The zero-order valence-corrected chi connectivity index (χ0v) is 28.6. The highest BCUT2D eigenvalue weighted by molar-refractivity contribution is 5.94. The molecule has 9 nitrogen and oxygen atoms in total. The Kier molecular flexibility index (Phi) is 11.5. The van der Waals surface area contributed by atoms with Gasteiger partial charge in [-0.2, -0.15) is 13.2 Å². The van der Waals surface area contributed by atoms with Crippen LogP contribution < -0.4 is 14.2 Å². The van der Waals surface area contributed by atoms with Crippen LogP contribution in [0.4, 0.5) is 26.3 Å². The molecule has 2 aromatic carbocycles. The first-order chi connectivity index (χ1) is 25.7. The molecule has 1 N–H and O–H groups in total. The van der Waals surface area contributed by atoms with Crippen LogP contribution in [0.15, 0.2) is 104 Å². The van der Waals surface area contributed by atoms with Crippen molar-refractivity contribution in [1.82, 2.24) is 19.9 Å². The van der Waals surface area contributed by atoms with Crippen LogP contribution in [0.1, 0.15) is 65.8 Å². The maximum Gasteiger partial charge on any atom is 0.573 e. The second-order valence-corrected chi connectivity index (χ2v) is 13.1. The van der Waals surface area contributed by atoms with Gasteiger partial charge in [0.2, 0.25) is 0 Å². The van der Waals surface area contributed by atoms with Crippen molar-refractivity contribution < 1.29 is 50.5 Å². The Morgan fingerprint density at radius 2 is 1.20 bits per heavy atom. The van der Waals surface area contributed by atoms with E-state index >= 15 is 0 Å². The van der Waals surface area contributed by atoms with Crippen LogP contribution in [0.3, 0.4) is 0 Å². The first-order valence-corrected chi connectivity index (χ1v) is 17.0. The molecule has 1 unspecified atom stereocenters. The fourth-order valence-corrected chi connectivity index (χ4v) is 5.49. The van der Waals surface area contributed by atoms with E-state index in [0.29, 0.717) is 64.6 Å². The fourth-order valence-electron chi connectivity index (χ4n) is 5.49. The minimum Gasteiger partial charge on any atom is -0.456 e. The third kappa shape index (κ3) is 11.5. The van der Waals surface area contributed by atoms with Gasteiger partial charge in [-0.1, -0.05) is 25.0 Å². The Balaban J connectivity index is 0.000000189. The van der Waals surface area contributed by atoms with Gasteiger partial charge in [0.25, 0.3) is 0 Å². The average Bonchev–Trinajstić information content (AvgIpc) is 4.08. The predicted molar refractivity (Wildman–Crippen MR) is 182 cm³/mol. The second-order valence-electron chi connectivity index (χ2n) is 13.1. The summed E-state index contributed by atoms with van der Waals surface area (Å²) in [5.74, 6) is 2.17. The van der Waals surface area contributed by atoms with Crippen LogP contribution in [-0.2, 0) is 12.0 Å². The number of pyridine rings is 2. The number of halogens is 6. The number of carbonyl (C=O) groups excluding carboxylic acids is 1. The van der Waals surface area contributed by atoms with Crippen LogP contribution in [0.5, 0.6) is 28.7 Å². The summed E-state index contributed by atoms with van der Waals surface area (Å²) in [6, 6.07) is 17.3. The van der Waals surface area contributed by atoms with Crippen molar-refractivity contribution in [3.05, 3.63) is 126 Å². The monoisotopic (exact) mass is 752 g/mol. The summed E-state index contributed by atoms with van der Waals surface area (Å²) in [5, 5.41) is 11.4. The molecule has 0 radical (unpaired) electrons. The summed E-state index contributed by atoms with van der Waals surface area (Å²) in [6.45, 7) is 0. The van der Waals surface area contributed by atoms with Crippen molar-refractivity contribution in [3.8, 4) is 28.7 Å². The fraction of sp³-hybridized carbons (Fsp3) is 0.308. The number of carbonyl (C=O) groups is 1. The summed E-state index contributed by atoms with van der Waals surface area (Å²) in [4.78, 5) is 28.4. The largest absolute Gasteiger partial charge is 0.573 e. The summed E-state index contributed by atoms with van der Waals surface area (Å²) >= 11 is 0. The van der Waals surface area contributed by atoms with Crippen molar-refractivity contribution in [2.75, 3.05) is 0 Å². The van der Waals surface area contributed by atoms with Gasteiger partial charge >= 0.3 is 12.5 Å². The lowest BCUT2D eigenvalue weighted by atomic mass is 9.86. The Hall–Kier alpha value is -5.57. The first kappa shape index (κ1) is 38.2. The van der Waals surface area contributed by atoms with E-state index in [4.69, 9.17) is 9.47 Å². The number of nitrogens with zero attached hydrogens (tertiary/aromatic N) is 4. The van der Waals surface area contributed by atoms with Crippen LogP contribution in [0.2, 0.25) is 0 Å². The van der Waals surface area contributed by atoms with Crippen molar-refractivity contribution in [3.63, 3.8) is 0 Å². The van der Waals surface area contributed by atoms with Crippen LogP contribution in [0.25, 0.3) is 0 Å². The number of ether oxygens (including phenoxy) is 3. The molecule has 0 spiro atoms. The molecule has 0 aliphatic heterocycles. The zero-order valence-electron chi connectivity index (χ0n) is 28.6. The number of aliphatic hydroxyl groups is 1. The quantitative estimate of drug-likeness (QED) is 0.0927. The molecule has 0 bridgehead atoms. The average molecular weight is 753 g/mol. The minimum atomic E-state index is -4.75. The maximum atomic E-state index is 12.3. The Labute approximate surface area is 306 Å². The smallest absolute Gasteiger partial charge is 0.456 e. The number of hydrogen-bond donors (Lipinski definition) is 1. The van der Waals surface area contributed by atoms with Gasteiger partial charge in [0.05, 0.1) is 24.5 Å². The summed E-state index contributed by atoms with van der Waals surface area (Å²) in [6.07, 6.45) is 2.91. The highest BCUT2D eigenvalue weighted by Crippen LogP contribution is 2.43. The number of hydrogen-bond acceptors (Lipinski definition) is 9. The molecule has 1 atom stereocenters. The molecule has 2 fully saturated rings. The molecule has 3 heterocycles. The SMILES string of the molecule is O=C(CC1CC1)c1ccc(Oc2ccc(CC(F)(F)F)cc2)cn1.OC(CC1CC1)(c1cncnc1)c1ccc(Oc2ccc(OC(F)(F)F)cc2)cn1. The van der Waals surface area contributed by atoms with Gasteiger partial charge in [-0.05, 0) is 97.3 Å². The third-order valence-corrected chi connectivity index (χ3v) is 8.53. The Bertz CT molecular complexity index is 1970. The first-order valence-electron chi connectivity index (χ1n) is 17.0. The van der Waals surface area contributed by atoms with E-state index in [2.05, 4.69) is 24.7 Å². The van der Waals surface area contributed by atoms with E-state index in [1.807, 2.05) is 0 Å². The molecule has 282 valence electrons. The van der Waals surface area contributed by atoms with E-state index in [1.165, 1.54) is 55.1 Å². The highest BCUT2D eigenvalue weighted by Gasteiger charge is 2.40. The number of rotatable bonds is 13. The number of aromatic nitrogens is 4. The third-order valence-electron chi connectivity index (χ3n) is 8.53. The molecule has 2 aliphatic carbocycles. The number of Topliss-reactive ketones (excluding diaryl/α,β-unsaturated/α-hetero) is 1. The lowest BCUT2D eigenvalue weighted by molar-refractivity contribution is -0.274. The van der Waals surface area contributed by atoms with Gasteiger partial charge in [-0.3, -0.25) is 9.78 Å². The van der Waals surface area contributed by atoms with Gasteiger partial charge in [0, 0.05) is 24.4 Å². The second kappa shape index (κ2) is 16.2. The van der Waals surface area contributed by atoms with E-state index in [9.17, 15) is 36.2 Å². The van der Waals surface area contributed by atoms with E-state index < -0.39 is 24.6 Å². The summed E-state index contributed by atoms with van der Waals surface area (Å²) in [7, 11) is 0. The number of ketones is 1. The Morgan fingerprint density at radius 1 is 0.667 bits per heavy atom.